The maximum Gasteiger partial charge on any atom is 0.314 e. The van der Waals surface area contributed by atoms with E-state index in [1.54, 1.807) is 33.6 Å². The Morgan fingerprint density at radius 2 is 1.95 bits per heavy atom. The van der Waals surface area contributed by atoms with E-state index >= 15 is 0 Å². The number of anilines is 1. The number of aromatic nitrogens is 5. The average molecular weight is 571 g/mol. The van der Waals surface area contributed by atoms with Crippen LogP contribution in [0.1, 0.15) is 25.5 Å². The Bertz CT molecular complexity index is 1380. The van der Waals surface area contributed by atoms with Gasteiger partial charge in [-0.15, -0.1) is 0 Å². The third-order valence-corrected chi connectivity index (χ3v) is 7.88. The number of nitrogen functional groups attached to an aromatic ring is 1. The van der Waals surface area contributed by atoms with E-state index in [9.17, 15) is 19.8 Å². The number of aliphatic hydroxyl groups is 2. The lowest BCUT2D eigenvalue weighted by molar-refractivity contribution is -0.152. The van der Waals surface area contributed by atoms with Crippen LogP contribution in [0.4, 0.5) is 10.6 Å². The van der Waals surface area contributed by atoms with Crippen LogP contribution in [-0.4, -0.2) is 121 Å². The van der Waals surface area contributed by atoms with Crippen LogP contribution < -0.4 is 16.4 Å². The number of hydrogen-bond acceptors (Lipinski definition) is 10. The van der Waals surface area contributed by atoms with Crippen molar-refractivity contribution in [2.45, 2.75) is 49.8 Å². The number of nitrogens with zero attached hydrogens (tertiary/aromatic N) is 7. The number of ether oxygens (including phenoxy) is 1. The Morgan fingerprint density at radius 1 is 1.20 bits per heavy atom. The van der Waals surface area contributed by atoms with E-state index in [0.717, 1.165) is 25.9 Å². The van der Waals surface area contributed by atoms with Gasteiger partial charge in [-0.05, 0) is 45.5 Å². The Morgan fingerprint density at radius 3 is 2.63 bits per heavy atom. The fourth-order valence-electron chi connectivity index (χ4n) is 5.63. The Labute approximate surface area is 237 Å². The molecule has 2 aliphatic heterocycles. The number of aliphatic hydroxyl groups excluding tert-OH is 2. The van der Waals surface area contributed by atoms with Gasteiger partial charge in [-0.3, -0.25) is 9.48 Å². The van der Waals surface area contributed by atoms with Crippen molar-refractivity contribution in [2.75, 3.05) is 46.0 Å². The first-order valence-corrected chi connectivity index (χ1v) is 13.8. The molecule has 0 spiro atoms. The lowest BCUT2D eigenvalue weighted by atomic mass is 10.0. The number of rotatable bonds is 8. The average Bonchev–Trinajstić information content (AvgIpc) is 3.65. The SMILES string of the molecule is CNC(=O)NCCCN(C(=O)[C@H]1O[C@@H](n2cc(-c3ccn(C)n3)c3c(N)ncnc32)[C@H](O)[C@@H]1O)C1CCN(C)CC1. The van der Waals surface area contributed by atoms with Crippen LogP contribution in [0.3, 0.4) is 0 Å². The van der Waals surface area contributed by atoms with E-state index in [-0.39, 0.29) is 17.9 Å². The van der Waals surface area contributed by atoms with E-state index in [0.29, 0.717) is 41.8 Å². The van der Waals surface area contributed by atoms with Crippen molar-refractivity contribution in [3.8, 4) is 11.3 Å². The highest BCUT2D eigenvalue weighted by Gasteiger charge is 2.49. The smallest absolute Gasteiger partial charge is 0.314 e. The van der Waals surface area contributed by atoms with Crippen molar-refractivity contribution < 1.29 is 24.5 Å². The fourth-order valence-corrected chi connectivity index (χ4v) is 5.63. The van der Waals surface area contributed by atoms with Gasteiger partial charge in [0.15, 0.2) is 12.3 Å². The van der Waals surface area contributed by atoms with Crippen molar-refractivity contribution in [2.24, 2.45) is 7.05 Å². The fraction of sp³-hybridized carbons (Fsp3) is 0.577. The molecule has 4 atom stereocenters. The number of nitrogens with two attached hydrogens (primary N) is 1. The maximum absolute atomic E-state index is 13.9. The van der Waals surface area contributed by atoms with E-state index in [2.05, 4.69) is 30.6 Å². The van der Waals surface area contributed by atoms with Crippen molar-refractivity contribution in [3.05, 3.63) is 24.8 Å². The van der Waals surface area contributed by atoms with E-state index < -0.39 is 30.4 Å². The Hall–Kier alpha value is -3.79. The zero-order valence-corrected chi connectivity index (χ0v) is 23.5. The third kappa shape index (κ3) is 5.70. The van der Waals surface area contributed by atoms with Crippen LogP contribution in [0.2, 0.25) is 0 Å². The summed E-state index contributed by atoms with van der Waals surface area (Å²) in [4.78, 5) is 38.0. The number of urea groups is 1. The number of amides is 3. The van der Waals surface area contributed by atoms with Gasteiger partial charge in [0.1, 0.15) is 30.0 Å². The predicted octanol–water partition coefficient (Wildman–Crippen LogP) is -0.725. The first-order valence-electron chi connectivity index (χ1n) is 13.8. The van der Waals surface area contributed by atoms with Gasteiger partial charge in [0.05, 0.1) is 11.1 Å². The normalized spacial score (nSPS) is 23.6. The molecule has 41 heavy (non-hydrogen) atoms. The second-order valence-corrected chi connectivity index (χ2v) is 10.6. The molecule has 0 bridgehead atoms. The third-order valence-electron chi connectivity index (χ3n) is 7.88. The molecular weight excluding hydrogens is 532 g/mol. The topological polar surface area (TPSA) is 189 Å². The van der Waals surface area contributed by atoms with Crippen LogP contribution in [0.25, 0.3) is 22.3 Å². The van der Waals surface area contributed by atoms with E-state index in [1.165, 1.54) is 13.4 Å². The number of nitrogens with one attached hydrogen (secondary N) is 2. The van der Waals surface area contributed by atoms with Crippen LogP contribution in [0, 0.1) is 0 Å². The van der Waals surface area contributed by atoms with Crippen molar-refractivity contribution >= 4 is 28.8 Å². The molecule has 5 rings (SSSR count). The monoisotopic (exact) mass is 570 g/mol. The lowest BCUT2D eigenvalue weighted by Crippen LogP contribution is -2.53. The first kappa shape index (κ1) is 28.7. The van der Waals surface area contributed by atoms with Gasteiger partial charge in [-0.25, -0.2) is 14.8 Å². The van der Waals surface area contributed by atoms with Gasteiger partial charge in [0, 0.05) is 51.2 Å². The second kappa shape index (κ2) is 12.0. The first-order chi connectivity index (χ1) is 19.7. The van der Waals surface area contributed by atoms with E-state index in [1.807, 2.05) is 13.1 Å². The van der Waals surface area contributed by atoms with Gasteiger partial charge >= 0.3 is 6.03 Å². The number of aryl methyl sites for hydroxylation is 1. The summed E-state index contributed by atoms with van der Waals surface area (Å²) >= 11 is 0. The molecule has 0 aliphatic carbocycles. The van der Waals surface area contributed by atoms with Crippen LogP contribution in [0.15, 0.2) is 24.8 Å². The van der Waals surface area contributed by atoms with Gasteiger partial charge in [-0.2, -0.15) is 5.10 Å². The number of fused-ring (bicyclic) bond motifs is 1. The number of likely N-dealkylation sites (tertiary alicyclic amines) is 1. The van der Waals surface area contributed by atoms with Crippen LogP contribution in [-0.2, 0) is 16.6 Å². The number of carbonyl (C=O) groups excluding carboxylic acids is 2. The molecule has 0 radical (unpaired) electrons. The van der Waals surface area contributed by atoms with Crippen molar-refractivity contribution in [1.82, 2.24) is 44.7 Å². The lowest BCUT2D eigenvalue weighted by Gasteiger charge is -2.38. The molecule has 15 nitrogen and oxygen atoms in total. The van der Waals surface area contributed by atoms with Gasteiger partial charge in [0.25, 0.3) is 5.91 Å². The molecule has 3 aromatic heterocycles. The molecule has 5 heterocycles. The van der Waals surface area contributed by atoms with Crippen molar-refractivity contribution in [3.63, 3.8) is 0 Å². The summed E-state index contributed by atoms with van der Waals surface area (Å²) in [5.41, 5.74) is 7.86. The summed E-state index contributed by atoms with van der Waals surface area (Å²) < 4.78 is 9.37. The standard InChI is InChI=1S/C26H38N10O5/c1-28-26(40)29-8-4-9-35(15-5-10-33(2)11-6-15)24(39)21-19(37)20(38)25(41-21)36-13-16(17-7-12-34(3)32-17)18-22(27)30-14-31-23(18)36/h7,12-15,19-21,25,37-38H,4-6,8-11H2,1-3H3,(H2,27,30,31)(H2,28,29,40)/t19-,20+,21-,25+/m0/s1. The van der Waals surface area contributed by atoms with Gasteiger partial charge in [-0.1, -0.05) is 0 Å². The molecule has 0 aromatic carbocycles. The zero-order chi connectivity index (χ0) is 29.3. The van der Waals surface area contributed by atoms with Crippen LogP contribution >= 0.6 is 0 Å². The summed E-state index contributed by atoms with van der Waals surface area (Å²) in [7, 11) is 5.37. The molecule has 3 aromatic rings. The van der Waals surface area contributed by atoms with Gasteiger partial charge < -0.3 is 45.7 Å². The highest BCUT2D eigenvalue weighted by Crippen LogP contribution is 2.38. The minimum absolute atomic E-state index is 0.0543. The molecule has 2 aliphatic rings. The largest absolute Gasteiger partial charge is 0.387 e. The molecular formula is C26H38N10O5. The zero-order valence-electron chi connectivity index (χ0n) is 23.5. The molecule has 2 fully saturated rings. The molecule has 3 amide bonds. The predicted molar refractivity (Wildman–Crippen MR) is 149 cm³/mol. The highest BCUT2D eigenvalue weighted by molar-refractivity contribution is 5.99. The minimum Gasteiger partial charge on any atom is -0.387 e. The maximum atomic E-state index is 13.9. The van der Waals surface area contributed by atoms with E-state index in [4.69, 9.17) is 10.5 Å². The number of carbonyl (C=O) groups is 2. The summed E-state index contributed by atoms with van der Waals surface area (Å²) in [6, 6.07) is 1.47. The van der Waals surface area contributed by atoms with Gasteiger partial charge in [0.2, 0.25) is 0 Å². The number of piperidine rings is 1. The summed E-state index contributed by atoms with van der Waals surface area (Å²) in [6.07, 6.45) is 1.57. The molecule has 6 N–H and O–H groups in total. The summed E-state index contributed by atoms with van der Waals surface area (Å²) in [5, 5.41) is 32.5. The molecule has 2 saturated heterocycles. The molecule has 0 saturated carbocycles. The Balaban J connectivity index is 1.41. The quantitative estimate of drug-likeness (QED) is 0.216. The Kier molecular flexibility index (Phi) is 8.40. The molecule has 15 heteroatoms. The van der Waals surface area contributed by atoms with Crippen molar-refractivity contribution in [1.29, 1.82) is 0 Å². The molecule has 222 valence electrons. The minimum atomic E-state index is -1.47. The summed E-state index contributed by atoms with van der Waals surface area (Å²) in [6.45, 7) is 2.40. The van der Waals surface area contributed by atoms with Crippen LogP contribution in [0.5, 0.6) is 0 Å². The summed E-state index contributed by atoms with van der Waals surface area (Å²) in [5.74, 6) is -0.169. The number of hydrogen-bond donors (Lipinski definition) is 5. The second-order valence-electron chi connectivity index (χ2n) is 10.6. The molecule has 0 unspecified atom stereocenters. The highest BCUT2D eigenvalue weighted by atomic mass is 16.6.